The molecule has 1 atom stereocenters. The van der Waals surface area contributed by atoms with E-state index in [4.69, 9.17) is 21.6 Å². The number of halogens is 1. The molecule has 0 bridgehead atoms. The molecule has 2 aromatic rings. The highest BCUT2D eigenvalue weighted by Crippen LogP contribution is 2.27. The highest BCUT2D eigenvalue weighted by atomic mass is 35.5. The molecule has 132 valence electrons. The Morgan fingerprint density at radius 2 is 2.19 bits per heavy atom. The molecule has 0 aliphatic carbocycles. The largest absolute Gasteiger partial charge is 0.470 e. The number of nitro groups is 1. The van der Waals surface area contributed by atoms with Crippen LogP contribution in [0.4, 0.5) is 5.69 Å². The van der Waals surface area contributed by atoms with Crippen molar-refractivity contribution in [3.8, 4) is 11.9 Å². The van der Waals surface area contributed by atoms with Crippen molar-refractivity contribution in [2.45, 2.75) is 12.5 Å². The van der Waals surface area contributed by atoms with Crippen LogP contribution in [0.3, 0.4) is 0 Å². The Balaban J connectivity index is 1.71. The van der Waals surface area contributed by atoms with Gasteiger partial charge in [0.05, 0.1) is 11.5 Å². The first-order chi connectivity index (χ1) is 12.5. The summed E-state index contributed by atoms with van der Waals surface area (Å²) >= 11 is 5.77. The number of amides is 1. The van der Waals surface area contributed by atoms with Gasteiger partial charge in [-0.05, 0) is 12.1 Å². The fraction of sp³-hybridized carbons (Fsp3) is 0.250. The van der Waals surface area contributed by atoms with Gasteiger partial charge in [-0.15, -0.1) is 0 Å². The molecule has 1 amide bonds. The van der Waals surface area contributed by atoms with E-state index >= 15 is 0 Å². The molecule has 10 heteroatoms. The Hall–Kier alpha value is -3.25. The summed E-state index contributed by atoms with van der Waals surface area (Å²) in [6, 6.07) is 5.83. The van der Waals surface area contributed by atoms with Crippen molar-refractivity contribution in [2.24, 2.45) is 0 Å². The zero-order chi connectivity index (χ0) is 18.7. The van der Waals surface area contributed by atoms with E-state index < -0.39 is 4.92 Å². The monoisotopic (exact) mass is 373 g/mol. The van der Waals surface area contributed by atoms with Gasteiger partial charge in [0.2, 0.25) is 5.69 Å². The van der Waals surface area contributed by atoms with Crippen molar-refractivity contribution in [1.82, 2.24) is 14.9 Å². The van der Waals surface area contributed by atoms with Gasteiger partial charge in [-0.2, -0.15) is 5.26 Å². The summed E-state index contributed by atoms with van der Waals surface area (Å²) in [7, 11) is 0. The molecule has 1 aliphatic heterocycles. The Kier molecular flexibility index (Phi) is 4.95. The minimum Gasteiger partial charge on any atom is -0.470 e. The molecular weight excluding hydrogens is 362 g/mol. The maximum atomic E-state index is 12.6. The molecule has 1 aromatic carbocycles. The van der Waals surface area contributed by atoms with Gasteiger partial charge in [-0.25, -0.2) is 9.97 Å². The molecule has 2 heterocycles. The van der Waals surface area contributed by atoms with E-state index in [2.05, 4.69) is 9.97 Å². The van der Waals surface area contributed by atoms with Crippen LogP contribution in [0.15, 0.2) is 30.6 Å². The molecule has 1 aliphatic rings. The third-order valence-corrected chi connectivity index (χ3v) is 4.19. The Labute approximate surface area is 152 Å². The lowest BCUT2D eigenvalue weighted by Gasteiger charge is -2.17. The fourth-order valence-corrected chi connectivity index (χ4v) is 2.81. The summed E-state index contributed by atoms with van der Waals surface area (Å²) in [5.74, 6) is -0.230. The molecule has 1 fully saturated rings. The van der Waals surface area contributed by atoms with Crippen LogP contribution in [0.25, 0.3) is 0 Å². The van der Waals surface area contributed by atoms with Gasteiger partial charge in [0.15, 0.2) is 0 Å². The number of hydrogen-bond acceptors (Lipinski definition) is 7. The first kappa shape index (κ1) is 17.6. The van der Waals surface area contributed by atoms with Gasteiger partial charge >= 0.3 is 0 Å². The third kappa shape index (κ3) is 3.55. The Morgan fingerprint density at radius 1 is 1.42 bits per heavy atom. The van der Waals surface area contributed by atoms with Gasteiger partial charge < -0.3 is 9.64 Å². The predicted molar refractivity (Wildman–Crippen MR) is 89.8 cm³/mol. The molecule has 9 nitrogen and oxygen atoms in total. The molecule has 0 saturated carbocycles. The predicted octanol–water partition coefficient (Wildman–Crippen LogP) is 2.20. The van der Waals surface area contributed by atoms with Crippen molar-refractivity contribution in [3.05, 3.63) is 57.0 Å². The summed E-state index contributed by atoms with van der Waals surface area (Å²) in [6.45, 7) is 0.693. The lowest BCUT2D eigenvalue weighted by molar-refractivity contribution is -0.384. The molecule has 3 rings (SSSR count). The van der Waals surface area contributed by atoms with Crippen LogP contribution in [-0.4, -0.2) is 44.9 Å². The highest BCUT2D eigenvalue weighted by molar-refractivity contribution is 6.32. The number of nitro benzene ring substituents is 1. The summed E-state index contributed by atoms with van der Waals surface area (Å²) < 4.78 is 5.68. The minimum absolute atomic E-state index is 0.0270. The number of benzene rings is 1. The molecule has 0 radical (unpaired) electrons. The zero-order valence-corrected chi connectivity index (χ0v) is 14.1. The van der Waals surface area contributed by atoms with Crippen LogP contribution in [-0.2, 0) is 0 Å². The van der Waals surface area contributed by atoms with E-state index in [1.807, 2.05) is 6.07 Å². The van der Waals surface area contributed by atoms with Crippen molar-refractivity contribution < 1.29 is 14.5 Å². The normalized spacial score (nSPS) is 16.2. The SMILES string of the molecule is N#Cc1nccnc1OC1CCN(C(=O)c2ccc(Cl)c([N+](=O)[O-])c2)C1. The van der Waals surface area contributed by atoms with Crippen LogP contribution in [0.5, 0.6) is 5.88 Å². The van der Waals surface area contributed by atoms with Crippen LogP contribution in [0, 0.1) is 21.4 Å². The fourth-order valence-electron chi connectivity index (χ4n) is 2.62. The smallest absolute Gasteiger partial charge is 0.288 e. The van der Waals surface area contributed by atoms with Crippen molar-refractivity contribution in [3.63, 3.8) is 0 Å². The summed E-state index contributed by atoms with van der Waals surface area (Å²) in [5.41, 5.74) is -0.0627. The number of likely N-dealkylation sites (tertiary alicyclic amines) is 1. The highest BCUT2D eigenvalue weighted by Gasteiger charge is 2.30. The second-order valence-electron chi connectivity index (χ2n) is 5.52. The van der Waals surface area contributed by atoms with Gasteiger partial charge in [0.25, 0.3) is 17.5 Å². The first-order valence-electron chi connectivity index (χ1n) is 7.60. The van der Waals surface area contributed by atoms with Crippen LogP contribution in [0.2, 0.25) is 5.02 Å². The Bertz CT molecular complexity index is 914. The summed E-state index contributed by atoms with van der Waals surface area (Å²) in [4.78, 5) is 32.3. The average Bonchev–Trinajstić information content (AvgIpc) is 3.10. The van der Waals surface area contributed by atoms with Crippen molar-refractivity contribution in [1.29, 1.82) is 5.26 Å². The van der Waals surface area contributed by atoms with Gasteiger partial charge in [0.1, 0.15) is 17.2 Å². The molecule has 1 saturated heterocycles. The van der Waals surface area contributed by atoms with E-state index in [0.29, 0.717) is 13.0 Å². The molecule has 1 aromatic heterocycles. The summed E-state index contributed by atoms with van der Waals surface area (Å²) in [6.07, 6.45) is 3.01. The number of ether oxygens (including phenoxy) is 1. The molecular formula is C16H12ClN5O4. The molecule has 0 spiro atoms. The number of aromatic nitrogens is 2. The number of nitrogens with zero attached hydrogens (tertiary/aromatic N) is 5. The number of hydrogen-bond donors (Lipinski definition) is 0. The average molecular weight is 374 g/mol. The third-order valence-electron chi connectivity index (χ3n) is 3.87. The van der Waals surface area contributed by atoms with Crippen LogP contribution in [0.1, 0.15) is 22.5 Å². The second-order valence-corrected chi connectivity index (χ2v) is 5.93. The lowest BCUT2D eigenvalue weighted by atomic mass is 10.2. The minimum atomic E-state index is -0.632. The molecule has 1 unspecified atom stereocenters. The van der Waals surface area contributed by atoms with E-state index in [0.717, 1.165) is 6.07 Å². The van der Waals surface area contributed by atoms with E-state index in [9.17, 15) is 14.9 Å². The quantitative estimate of drug-likeness (QED) is 0.594. The van der Waals surface area contributed by atoms with E-state index in [1.54, 1.807) is 0 Å². The van der Waals surface area contributed by atoms with Gasteiger partial charge in [-0.1, -0.05) is 11.6 Å². The first-order valence-corrected chi connectivity index (χ1v) is 7.98. The number of carbonyl (C=O) groups excluding carboxylic acids is 1. The zero-order valence-electron chi connectivity index (χ0n) is 13.3. The molecule has 26 heavy (non-hydrogen) atoms. The van der Waals surface area contributed by atoms with Crippen LogP contribution >= 0.6 is 11.6 Å². The van der Waals surface area contributed by atoms with Crippen molar-refractivity contribution in [2.75, 3.05) is 13.1 Å². The summed E-state index contributed by atoms with van der Waals surface area (Å²) in [5, 5.41) is 20.0. The molecule has 0 N–H and O–H groups in total. The maximum Gasteiger partial charge on any atom is 0.288 e. The van der Waals surface area contributed by atoms with Crippen LogP contribution < -0.4 is 4.74 Å². The van der Waals surface area contributed by atoms with E-state index in [-0.39, 0.29) is 46.4 Å². The van der Waals surface area contributed by atoms with Gasteiger partial charge in [-0.3, -0.25) is 14.9 Å². The van der Waals surface area contributed by atoms with Crippen molar-refractivity contribution >= 4 is 23.2 Å². The standard InChI is InChI=1S/C16H12ClN5O4/c17-12-2-1-10(7-14(12)22(24)25)16(23)21-6-3-11(9-21)26-15-13(8-18)19-4-5-20-15/h1-2,4-5,7,11H,3,6,9H2. The van der Waals surface area contributed by atoms with E-state index in [1.165, 1.54) is 29.4 Å². The lowest BCUT2D eigenvalue weighted by Crippen LogP contribution is -2.31. The van der Waals surface area contributed by atoms with Gasteiger partial charge in [0, 0.05) is 37.0 Å². The maximum absolute atomic E-state index is 12.6. The number of nitriles is 1. The topological polar surface area (TPSA) is 122 Å². The number of rotatable bonds is 4. The second kappa shape index (κ2) is 7.33. The number of carbonyl (C=O) groups is 1. The Morgan fingerprint density at radius 3 is 2.92 bits per heavy atom.